The van der Waals surface area contributed by atoms with Gasteiger partial charge in [-0.3, -0.25) is 15.1 Å². The van der Waals surface area contributed by atoms with Gasteiger partial charge < -0.3 is 5.11 Å². The number of thiophene rings is 1. The lowest BCUT2D eigenvalue weighted by molar-refractivity contribution is 0.0954. The van der Waals surface area contributed by atoms with Gasteiger partial charge in [0.15, 0.2) is 0 Å². The van der Waals surface area contributed by atoms with E-state index < -0.39 is 0 Å². The van der Waals surface area contributed by atoms with E-state index in [0.29, 0.717) is 17.3 Å². The lowest BCUT2D eigenvalue weighted by Gasteiger charge is -2.24. The van der Waals surface area contributed by atoms with Crippen LogP contribution in [0.3, 0.4) is 0 Å². The van der Waals surface area contributed by atoms with Crippen LogP contribution in [0.5, 0.6) is 0 Å². The van der Waals surface area contributed by atoms with Crippen molar-refractivity contribution in [1.82, 2.24) is 10.3 Å². The van der Waals surface area contributed by atoms with E-state index in [2.05, 4.69) is 17.2 Å². The maximum absolute atomic E-state index is 11.6. The molecule has 6 heteroatoms. The van der Waals surface area contributed by atoms with Crippen molar-refractivity contribution in [3.8, 4) is 0 Å². The Morgan fingerprint density at radius 2 is 2.50 bits per heavy atom. The van der Waals surface area contributed by atoms with Gasteiger partial charge in [-0.2, -0.15) is 0 Å². The molecule has 0 aliphatic carbocycles. The van der Waals surface area contributed by atoms with Crippen LogP contribution in [0.4, 0.5) is 0 Å². The van der Waals surface area contributed by atoms with Crippen LogP contribution in [0.1, 0.15) is 28.6 Å². The third-order valence-electron chi connectivity index (χ3n) is 3.64. The molecular weight excluding hydrogens is 250 g/mol. The van der Waals surface area contributed by atoms with Gasteiger partial charge in [0.05, 0.1) is 11.5 Å². The number of rotatable bonds is 4. The average molecular weight is 269 g/mol. The molecule has 1 amide bonds. The van der Waals surface area contributed by atoms with Gasteiger partial charge in [-0.05, 0) is 35.9 Å². The molecule has 2 heterocycles. The molecule has 1 fully saturated rings. The van der Waals surface area contributed by atoms with Crippen LogP contribution in [-0.4, -0.2) is 35.1 Å². The Hall–Kier alpha value is -0.950. The number of carbonyl (C=O) groups excluding carboxylic acids is 1. The highest BCUT2D eigenvalue weighted by Crippen LogP contribution is 2.27. The standard InChI is InChI=1S/C12H19N3O2S/c1-8-2-4-15(10(8)7-16)6-9-3-5-18-11(9)12(17)14-13/h3,5,8,10,16H,2,4,6-7,13H2,1H3,(H,14,17). The Morgan fingerprint density at radius 3 is 3.17 bits per heavy atom. The summed E-state index contributed by atoms with van der Waals surface area (Å²) in [5.41, 5.74) is 3.15. The van der Waals surface area contributed by atoms with Crippen molar-refractivity contribution >= 4 is 17.2 Å². The Bertz CT molecular complexity index is 421. The molecule has 1 aromatic heterocycles. The highest BCUT2D eigenvalue weighted by Gasteiger charge is 2.31. The van der Waals surface area contributed by atoms with E-state index in [9.17, 15) is 9.90 Å². The average Bonchev–Trinajstić information content (AvgIpc) is 2.96. The first-order chi connectivity index (χ1) is 8.67. The first-order valence-corrected chi connectivity index (χ1v) is 6.97. The highest BCUT2D eigenvalue weighted by atomic mass is 32.1. The van der Waals surface area contributed by atoms with E-state index in [0.717, 1.165) is 18.5 Å². The van der Waals surface area contributed by atoms with Gasteiger partial charge in [0, 0.05) is 12.6 Å². The summed E-state index contributed by atoms with van der Waals surface area (Å²) in [6, 6.07) is 2.14. The number of hydrogen-bond donors (Lipinski definition) is 3. The fourth-order valence-corrected chi connectivity index (χ4v) is 3.34. The minimum atomic E-state index is -0.243. The number of nitrogens with zero attached hydrogens (tertiary/aromatic N) is 1. The maximum atomic E-state index is 11.6. The smallest absolute Gasteiger partial charge is 0.275 e. The van der Waals surface area contributed by atoms with E-state index in [1.54, 1.807) is 0 Å². The van der Waals surface area contributed by atoms with Crippen LogP contribution in [-0.2, 0) is 6.54 Å². The number of nitrogens with one attached hydrogen (secondary N) is 1. The Kier molecular flexibility index (Phi) is 4.34. The summed E-state index contributed by atoms with van der Waals surface area (Å²) < 4.78 is 0. The minimum Gasteiger partial charge on any atom is -0.395 e. The third kappa shape index (κ3) is 2.56. The number of hydrogen-bond acceptors (Lipinski definition) is 5. The van der Waals surface area contributed by atoms with Gasteiger partial charge in [0.2, 0.25) is 0 Å². The second kappa shape index (κ2) is 5.79. The molecule has 5 nitrogen and oxygen atoms in total. The molecule has 18 heavy (non-hydrogen) atoms. The molecule has 0 spiro atoms. The van der Waals surface area contributed by atoms with Crippen LogP contribution in [0.2, 0.25) is 0 Å². The summed E-state index contributed by atoms with van der Waals surface area (Å²) in [5.74, 6) is 5.43. The summed E-state index contributed by atoms with van der Waals surface area (Å²) in [7, 11) is 0. The Labute approximate surface area is 111 Å². The van der Waals surface area contributed by atoms with Gasteiger partial charge in [-0.15, -0.1) is 11.3 Å². The lowest BCUT2D eigenvalue weighted by atomic mass is 10.0. The molecule has 0 aromatic carbocycles. The molecule has 2 atom stereocenters. The predicted octanol–water partition coefficient (Wildman–Crippen LogP) is 0.554. The Balaban J connectivity index is 2.10. The van der Waals surface area contributed by atoms with Gasteiger partial charge in [0.25, 0.3) is 5.91 Å². The maximum Gasteiger partial charge on any atom is 0.275 e. The predicted molar refractivity (Wildman–Crippen MR) is 71.0 cm³/mol. The zero-order valence-electron chi connectivity index (χ0n) is 10.4. The molecular formula is C12H19N3O2S. The van der Waals surface area contributed by atoms with Crippen LogP contribution in [0.25, 0.3) is 0 Å². The molecule has 1 saturated heterocycles. The van der Waals surface area contributed by atoms with Crippen molar-refractivity contribution in [3.05, 3.63) is 21.9 Å². The molecule has 0 bridgehead atoms. The van der Waals surface area contributed by atoms with Crippen molar-refractivity contribution in [3.63, 3.8) is 0 Å². The number of aliphatic hydroxyl groups is 1. The number of carbonyl (C=O) groups is 1. The monoisotopic (exact) mass is 269 g/mol. The number of aliphatic hydroxyl groups excluding tert-OH is 1. The summed E-state index contributed by atoms with van der Waals surface area (Å²) in [6.45, 7) is 3.99. The van der Waals surface area contributed by atoms with Crippen LogP contribution < -0.4 is 11.3 Å². The third-order valence-corrected chi connectivity index (χ3v) is 4.60. The van der Waals surface area contributed by atoms with Gasteiger partial charge in [0.1, 0.15) is 0 Å². The molecule has 1 aliphatic heterocycles. The van der Waals surface area contributed by atoms with E-state index in [4.69, 9.17) is 5.84 Å². The second-order valence-electron chi connectivity index (χ2n) is 4.73. The van der Waals surface area contributed by atoms with Crippen molar-refractivity contribution in [2.24, 2.45) is 11.8 Å². The fraction of sp³-hybridized carbons (Fsp3) is 0.583. The normalized spacial score (nSPS) is 24.4. The van der Waals surface area contributed by atoms with E-state index >= 15 is 0 Å². The second-order valence-corrected chi connectivity index (χ2v) is 5.65. The number of amides is 1. The zero-order chi connectivity index (χ0) is 13.1. The fourth-order valence-electron chi connectivity index (χ4n) is 2.52. The molecule has 2 unspecified atom stereocenters. The van der Waals surface area contributed by atoms with Gasteiger partial charge >= 0.3 is 0 Å². The number of nitrogen functional groups attached to an aromatic ring is 1. The summed E-state index contributed by atoms with van der Waals surface area (Å²) in [5, 5.41) is 11.3. The highest BCUT2D eigenvalue weighted by molar-refractivity contribution is 7.12. The minimum absolute atomic E-state index is 0.170. The summed E-state index contributed by atoms with van der Waals surface area (Å²) in [6.07, 6.45) is 1.09. The quantitative estimate of drug-likeness (QED) is 0.424. The van der Waals surface area contributed by atoms with Crippen molar-refractivity contribution < 1.29 is 9.90 Å². The lowest BCUT2D eigenvalue weighted by Crippen LogP contribution is -2.35. The number of nitrogens with two attached hydrogens (primary N) is 1. The molecule has 0 radical (unpaired) electrons. The first-order valence-electron chi connectivity index (χ1n) is 6.09. The van der Waals surface area contributed by atoms with Crippen LogP contribution in [0.15, 0.2) is 11.4 Å². The Morgan fingerprint density at radius 1 is 1.72 bits per heavy atom. The van der Waals surface area contributed by atoms with Crippen LogP contribution >= 0.6 is 11.3 Å². The molecule has 1 aliphatic rings. The molecule has 1 aromatic rings. The van der Waals surface area contributed by atoms with Crippen molar-refractivity contribution in [2.45, 2.75) is 25.9 Å². The van der Waals surface area contributed by atoms with Gasteiger partial charge in [-0.1, -0.05) is 6.92 Å². The first kappa shape index (κ1) is 13.5. The topological polar surface area (TPSA) is 78.6 Å². The SMILES string of the molecule is CC1CCN(Cc2ccsc2C(=O)NN)C1CO. The van der Waals surface area contributed by atoms with E-state index in [1.807, 2.05) is 11.4 Å². The van der Waals surface area contributed by atoms with Crippen molar-refractivity contribution in [1.29, 1.82) is 0 Å². The number of hydrazine groups is 1. The van der Waals surface area contributed by atoms with E-state index in [-0.39, 0.29) is 18.6 Å². The molecule has 100 valence electrons. The summed E-state index contributed by atoms with van der Waals surface area (Å²) in [4.78, 5) is 14.5. The van der Waals surface area contributed by atoms with E-state index in [1.165, 1.54) is 11.3 Å². The van der Waals surface area contributed by atoms with Crippen LogP contribution in [0, 0.1) is 5.92 Å². The zero-order valence-corrected chi connectivity index (χ0v) is 11.2. The summed E-state index contributed by atoms with van der Waals surface area (Å²) >= 11 is 1.39. The van der Waals surface area contributed by atoms with Crippen molar-refractivity contribution in [2.75, 3.05) is 13.2 Å². The molecule has 0 saturated carbocycles. The molecule has 4 N–H and O–H groups in total. The molecule has 2 rings (SSSR count). The number of likely N-dealkylation sites (tertiary alicyclic amines) is 1. The van der Waals surface area contributed by atoms with Gasteiger partial charge in [-0.25, -0.2) is 5.84 Å². The largest absolute Gasteiger partial charge is 0.395 e.